The van der Waals surface area contributed by atoms with Crippen LogP contribution in [0.4, 0.5) is 18.9 Å². The van der Waals surface area contributed by atoms with E-state index in [1.165, 1.54) is 31.4 Å². The number of alkyl halides is 3. The summed E-state index contributed by atoms with van der Waals surface area (Å²) >= 11 is 0. The summed E-state index contributed by atoms with van der Waals surface area (Å²) < 4.78 is 37.8. The Kier molecular flexibility index (Phi) is 6.01. The van der Waals surface area contributed by atoms with Gasteiger partial charge in [-0.05, 0) is 37.0 Å². The molecule has 2 N–H and O–H groups in total. The first-order valence-electron chi connectivity index (χ1n) is 7.68. The van der Waals surface area contributed by atoms with Crippen LogP contribution in [0.15, 0.2) is 29.4 Å². The van der Waals surface area contributed by atoms with Gasteiger partial charge in [-0.25, -0.2) is 5.43 Å². The van der Waals surface area contributed by atoms with Crippen molar-refractivity contribution >= 4 is 17.8 Å². The smallest absolute Gasteiger partial charge is 0.376 e. The molecule has 0 heterocycles. The number of benzene rings is 1. The molecule has 0 bridgehead atoms. The number of nitrogens with zero attached hydrogens (tertiary/aromatic N) is 1. The van der Waals surface area contributed by atoms with E-state index in [2.05, 4.69) is 15.8 Å². The second-order valence-electron chi connectivity index (χ2n) is 5.64. The molecule has 4 nitrogen and oxygen atoms in total. The Hall–Kier alpha value is -2.05. The predicted octanol–water partition coefficient (Wildman–Crippen LogP) is 3.80. The fraction of sp³-hybridized carbons (Fsp3) is 0.500. The Labute approximate surface area is 133 Å². The molecular formula is C16H20F3N3O. The summed E-state index contributed by atoms with van der Waals surface area (Å²) in [4.78, 5) is 11.6. The summed E-state index contributed by atoms with van der Waals surface area (Å²) in [7, 11) is 0. The third-order valence-corrected chi connectivity index (χ3v) is 3.77. The van der Waals surface area contributed by atoms with Gasteiger partial charge in [0.2, 0.25) is 0 Å². The Bertz CT molecular complexity index is 552. The van der Waals surface area contributed by atoms with Crippen LogP contribution in [0, 0.1) is 5.92 Å². The monoisotopic (exact) mass is 327 g/mol. The average Bonchev–Trinajstić information content (AvgIpc) is 2.53. The van der Waals surface area contributed by atoms with E-state index >= 15 is 0 Å². The lowest BCUT2D eigenvalue weighted by atomic mass is 9.90. The molecule has 0 saturated heterocycles. The van der Waals surface area contributed by atoms with E-state index in [0.717, 1.165) is 25.0 Å². The highest BCUT2D eigenvalue weighted by atomic mass is 19.4. The van der Waals surface area contributed by atoms with E-state index in [0.29, 0.717) is 5.92 Å². The van der Waals surface area contributed by atoms with Gasteiger partial charge in [0.15, 0.2) is 0 Å². The maximum Gasteiger partial charge on any atom is 0.416 e. The van der Waals surface area contributed by atoms with Gasteiger partial charge in [-0.15, -0.1) is 0 Å². The molecule has 126 valence electrons. The number of anilines is 1. The third kappa shape index (κ3) is 5.92. The minimum atomic E-state index is -4.40. The van der Waals surface area contributed by atoms with Gasteiger partial charge < -0.3 is 5.32 Å². The number of hydrogen-bond donors (Lipinski definition) is 2. The van der Waals surface area contributed by atoms with E-state index in [1.54, 1.807) is 6.21 Å². The largest absolute Gasteiger partial charge is 0.416 e. The molecule has 1 saturated carbocycles. The van der Waals surface area contributed by atoms with Gasteiger partial charge >= 0.3 is 6.18 Å². The Morgan fingerprint density at radius 2 is 2.00 bits per heavy atom. The molecule has 1 aliphatic carbocycles. The molecule has 0 radical (unpaired) electrons. The lowest BCUT2D eigenvalue weighted by molar-refractivity contribution is -0.137. The summed E-state index contributed by atoms with van der Waals surface area (Å²) in [6, 6.07) is 4.73. The van der Waals surface area contributed by atoms with Gasteiger partial charge in [0.05, 0.1) is 12.1 Å². The van der Waals surface area contributed by atoms with Crippen LogP contribution >= 0.6 is 0 Å². The highest BCUT2D eigenvalue weighted by Crippen LogP contribution is 2.30. The number of halogens is 3. The molecule has 1 aromatic rings. The molecule has 2 rings (SSSR count). The van der Waals surface area contributed by atoms with Crippen molar-refractivity contribution < 1.29 is 18.0 Å². The predicted molar refractivity (Wildman–Crippen MR) is 83.1 cm³/mol. The minimum absolute atomic E-state index is 0.136. The van der Waals surface area contributed by atoms with Crippen molar-refractivity contribution in [2.24, 2.45) is 11.0 Å². The molecule has 0 atom stereocenters. The SMILES string of the molecule is O=C(CNc1cccc(C(F)(F)F)c1)N/N=C/C1CCCCC1. The summed E-state index contributed by atoms with van der Waals surface area (Å²) in [6.45, 7) is -0.136. The van der Waals surface area contributed by atoms with Gasteiger partial charge in [-0.3, -0.25) is 4.79 Å². The number of hydrazone groups is 1. The first-order valence-corrected chi connectivity index (χ1v) is 7.68. The van der Waals surface area contributed by atoms with Crippen LogP contribution in [0.2, 0.25) is 0 Å². The Balaban J connectivity index is 1.77. The molecule has 7 heteroatoms. The fourth-order valence-electron chi connectivity index (χ4n) is 2.53. The first-order chi connectivity index (χ1) is 10.9. The summed E-state index contributed by atoms with van der Waals surface area (Å²) in [5.74, 6) is 0.00921. The standard InChI is InChI=1S/C16H20F3N3O/c17-16(18,19)13-7-4-8-14(9-13)20-11-15(23)22-21-10-12-5-2-1-3-6-12/h4,7-10,12,20H,1-3,5-6,11H2,(H,22,23)/b21-10+. The highest BCUT2D eigenvalue weighted by Gasteiger charge is 2.30. The Morgan fingerprint density at radius 1 is 1.26 bits per heavy atom. The molecule has 0 aromatic heterocycles. The zero-order chi connectivity index (χ0) is 16.7. The molecule has 0 unspecified atom stereocenters. The lowest BCUT2D eigenvalue weighted by Gasteiger charge is -2.16. The molecule has 1 aliphatic rings. The molecule has 1 fully saturated rings. The molecule has 23 heavy (non-hydrogen) atoms. The van der Waals surface area contributed by atoms with E-state index in [-0.39, 0.29) is 12.2 Å². The number of carbonyl (C=O) groups is 1. The normalized spacial score (nSPS) is 16.5. The van der Waals surface area contributed by atoms with Crippen LogP contribution in [0.5, 0.6) is 0 Å². The number of rotatable bonds is 5. The van der Waals surface area contributed by atoms with E-state index < -0.39 is 17.6 Å². The van der Waals surface area contributed by atoms with Gasteiger partial charge in [0, 0.05) is 11.9 Å². The molecule has 1 amide bonds. The number of carbonyl (C=O) groups excluding carboxylic acids is 1. The third-order valence-electron chi connectivity index (χ3n) is 3.77. The van der Waals surface area contributed by atoms with E-state index in [1.807, 2.05) is 0 Å². The second kappa shape index (κ2) is 7.99. The quantitative estimate of drug-likeness (QED) is 0.638. The van der Waals surface area contributed by atoms with Gasteiger partial charge in [0.1, 0.15) is 0 Å². The zero-order valence-corrected chi connectivity index (χ0v) is 12.7. The zero-order valence-electron chi connectivity index (χ0n) is 12.7. The minimum Gasteiger partial charge on any atom is -0.376 e. The first kappa shape index (κ1) is 17.3. The van der Waals surface area contributed by atoms with E-state index in [4.69, 9.17) is 0 Å². The van der Waals surface area contributed by atoms with Crippen molar-refractivity contribution in [3.63, 3.8) is 0 Å². The summed E-state index contributed by atoms with van der Waals surface area (Å²) in [5, 5.41) is 6.58. The highest BCUT2D eigenvalue weighted by molar-refractivity contribution is 5.81. The van der Waals surface area contributed by atoms with Gasteiger partial charge in [-0.1, -0.05) is 25.3 Å². The van der Waals surface area contributed by atoms with Crippen molar-refractivity contribution in [1.82, 2.24) is 5.43 Å². The molecule has 0 spiro atoms. The summed E-state index contributed by atoms with van der Waals surface area (Å²) in [6.07, 6.45) is 3.14. The fourth-order valence-corrected chi connectivity index (χ4v) is 2.53. The van der Waals surface area contributed by atoms with Crippen molar-refractivity contribution in [2.75, 3.05) is 11.9 Å². The van der Waals surface area contributed by atoms with Crippen molar-refractivity contribution in [3.8, 4) is 0 Å². The van der Waals surface area contributed by atoms with Crippen molar-refractivity contribution in [3.05, 3.63) is 29.8 Å². The van der Waals surface area contributed by atoms with Crippen molar-refractivity contribution in [1.29, 1.82) is 0 Å². The average molecular weight is 327 g/mol. The Morgan fingerprint density at radius 3 is 2.70 bits per heavy atom. The maximum atomic E-state index is 12.6. The van der Waals surface area contributed by atoms with Crippen LogP contribution in [0.3, 0.4) is 0 Å². The summed E-state index contributed by atoms with van der Waals surface area (Å²) in [5.41, 5.74) is 1.88. The number of hydrogen-bond acceptors (Lipinski definition) is 3. The lowest BCUT2D eigenvalue weighted by Crippen LogP contribution is -2.26. The van der Waals surface area contributed by atoms with E-state index in [9.17, 15) is 18.0 Å². The van der Waals surface area contributed by atoms with Crippen LogP contribution in [-0.2, 0) is 11.0 Å². The molecule has 1 aromatic carbocycles. The second-order valence-corrected chi connectivity index (χ2v) is 5.64. The molecular weight excluding hydrogens is 307 g/mol. The van der Waals surface area contributed by atoms with Crippen molar-refractivity contribution in [2.45, 2.75) is 38.3 Å². The number of amides is 1. The maximum absolute atomic E-state index is 12.6. The van der Waals surface area contributed by atoms with Gasteiger partial charge in [0.25, 0.3) is 5.91 Å². The van der Waals surface area contributed by atoms with Crippen LogP contribution in [-0.4, -0.2) is 18.7 Å². The number of nitrogens with one attached hydrogen (secondary N) is 2. The topological polar surface area (TPSA) is 53.5 Å². The van der Waals surface area contributed by atoms with Crippen LogP contribution in [0.25, 0.3) is 0 Å². The van der Waals surface area contributed by atoms with Crippen LogP contribution in [0.1, 0.15) is 37.7 Å². The van der Waals surface area contributed by atoms with Gasteiger partial charge in [-0.2, -0.15) is 18.3 Å². The van der Waals surface area contributed by atoms with Crippen LogP contribution < -0.4 is 10.7 Å². The molecule has 0 aliphatic heterocycles.